The minimum atomic E-state index is -0.357. The van der Waals surface area contributed by atoms with Crippen LogP contribution < -0.4 is 11.3 Å². The number of aromatic nitrogens is 2. The van der Waals surface area contributed by atoms with E-state index < -0.39 is 0 Å². The van der Waals surface area contributed by atoms with Gasteiger partial charge in [0.15, 0.2) is 0 Å². The Morgan fingerprint density at radius 3 is 2.91 bits per heavy atom. The summed E-state index contributed by atoms with van der Waals surface area (Å²) < 4.78 is 2.14. The van der Waals surface area contributed by atoms with Crippen LogP contribution in [0.15, 0.2) is 10.8 Å². The highest BCUT2D eigenvalue weighted by Gasteiger charge is 2.11. The van der Waals surface area contributed by atoms with Crippen LogP contribution in [0, 0.1) is 0 Å². The second kappa shape index (κ2) is 3.02. The van der Waals surface area contributed by atoms with Crippen LogP contribution in [0.3, 0.4) is 0 Å². The lowest BCUT2D eigenvalue weighted by Crippen LogP contribution is -2.29. The average Bonchev–Trinajstić information content (AvgIpc) is 2.32. The van der Waals surface area contributed by atoms with Crippen molar-refractivity contribution in [1.29, 1.82) is 0 Å². The average molecular weight is 219 g/mol. The Morgan fingerprint density at radius 1 is 1.91 bits per heavy atom. The highest BCUT2D eigenvalue weighted by molar-refractivity contribution is 9.10. The van der Waals surface area contributed by atoms with E-state index in [0.717, 1.165) is 0 Å². The molecule has 6 heteroatoms. The number of rotatable bonds is 1. The summed E-state index contributed by atoms with van der Waals surface area (Å²) in [6, 6.07) is 0. The largest absolute Gasteiger partial charge is 0.290 e. The first-order valence-corrected chi connectivity index (χ1v) is 3.64. The zero-order chi connectivity index (χ0) is 8.43. The number of halogens is 1. The van der Waals surface area contributed by atoms with Crippen LogP contribution in [0.4, 0.5) is 0 Å². The lowest BCUT2D eigenvalue weighted by molar-refractivity contribution is 0.0953. The second-order valence-electron chi connectivity index (χ2n) is 1.95. The van der Waals surface area contributed by atoms with E-state index in [9.17, 15) is 4.79 Å². The first-order valence-electron chi connectivity index (χ1n) is 2.85. The van der Waals surface area contributed by atoms with Gasteiger partial charge in [-0.1, -0.05) is 0 Å². The number of hydrogen-bond donors (Lipinski definition) is 2. The predicted molar refractivity (Wildman–Crippen MR) is 42.6 cm³/mol. The van der Waals surface area contributed by atoms with Gasteiger partial charge in [-0.15, -0.1) is 0 Å². The van der Waals surface area contributed by atoms with Crippen LogP contribution in [-0.4, -0.2) is 15.7 Å². The van der Waals surface area contributed by atoms with E-state index in [1.54, 1.807) is 7.05 Å². The van der Waals surface area contributed by atoms with Gasteiger partial charge in [-0.05, 0) is 15.9 Å². The van der Waals surface area contributed by atoms with Crippen molar-refractivity contribution >= 4 is 21.8 Å². The van der Waals surface area contributed by atoms with Crippen LogP contribution in [-0.2, 0) is 7.05 Å². The molecule has 1 rings (SSSR count). The molecule has 1 heterocycles. The molecule has 3 N–H and O–H groups in total. The zero-order valence-electron chi connectivity index (χ0n) is 5.84. The summed E-state index contributed by atoms with van der Waals surface area (Å²) in [7, 11) is 1.72. The Bertz CT molecular complexity index is 282. The molecule has 0 aliphatic carbocycles. The molecule has 11 heavy (non-hydrogen) atoms. The van der Waals surface area contributed by atoms with Crippen LogP contribution in [0.25, 0.3) is 0 Å². The Labute approximate surface area is 71.7 Å². The third-order valence-corrected chi connectivity index (χ3v) is 2.18. The van der Waals surface area contributed by atoms with E-state index in [1.165, 1.54) is 10.9 Å². The van der Waals surface area contributed by atoms with Gasteiger partial charge in [-0.2, -0.15) is 5.10 Å². The summed E-state index contributed by atoms with van der Waals surface area (Å²) in [6.07, 6.45) is 1.44. The number of aryl methyl sites for hydroxylation is 1. The van der Waals surface area contributed by atoms with Crippen molar-refractivity contribution in [2.24, 2.45) is 12.9 Å². The highest BCUT2D eigenvalue weighted by atomic mass is 79.9. The molecule has 0 bridgehead atoms. The number of nitrogens with two attached hydrogens (primary N) is 1. The Hall–Kier alpha value is -0.880. The fourth-order valence-electron chi connectivity index (χ4n) is 0.653. The van der Waals surface area contributed by atoms with Gasteiger partial charge in [-0.25, -0.2) is 5.84 Å². The molecule has 1 aromatic heterocycles. The minimum Gasteiger partial charge on any atom is -0.290 e. The maximum Gasteiger partial charge on any atom is 0.269 e. The number of nitrogens with one attached hydrogen (secondary N) is 1. The fourth-order valence-corrected chi connectivity index (χ4v) is 1.03. The summed E-state index contributed by atoms with van der Waals surface area (Å²) in [6.45, 7) is 0. The molecule has 0 saturated heterocycles. The van der Waals surface area contributed by atoms with Crippen LogP contribution in [0.5, 0.6) is 0 Å². The standard InChI is InChI=1S/C5H7BrN4O/c1-10-4(6)3(2-8-10)5(11)9-7/h2H,7H2,1H3,(H,9,11). The summed E-state index contributed by atoms with van der Waals surface area (Å²) in [4.78, 5) is 10.9. The number of hydrazine groups is 1. The summed E-state index contributed by atoms with van der Waals surface area (Å²) in [5, 5.41) is 3.84. The van der Waals surface area contributed by atoms with E-state index in [1.807, 2.05) is 5.43 Å². The molecule has 0 unspecified atom stereocenters. The molecule has 1 aromatic rings. The summed E-state index contributed by atoms with van der Waals surface area (Å²) in [5.74, 6) is 4.57. The van der Waals surface area contributed by atoms with E-state index in [-0.39, 0.29) is 5.91 Å². The lowest BCUT2D eigenvalue weighted by Gasteiger charge is -1.95. The third-order valence-electron chi connectivity index (χ3n) is 1.24. The van der Waals surface area contributed by atoms with E-state index in [4.69, 9.17) is 5.84 Å². The van der Waals surface area contributed by atoms with Crippen molar-refractivity contribution in [3.63, 3.8) is 0 Å². The number of nitrogen functional groups attached to an aromatic ring is 1. The van der Waals surface area contributed by atoms with Gasteiger partial charge in [0, 0.05) is 7.05 Å². The van der Waals surface area contributed by atoms with Crippen molar-refractivity contribution in [2.75, 3.05) is 0 Å². The quantitative estimate of drug-likeness (QED) is 0.389. The number of carbonyl (C=O) groups is 1. The lowest BCUT2D eigenvalue weighted by atomic mass is 10.3. The smallest absolute Gasteiger partial charge is 0.269 e. The third kappa shape index (κ3) is 1.41. The summed E-state index contributed by atoms with van der Waals surface area (Å²) in [5.41, 5.74) is 2.44. The Balaban J connectivity index is 3.04. The maximum absolute atomic E-state index is 10.9. The SMILES string of the molecule is Cn1ncc(C(=O)NN)c1Br. The normalized spacial score (nSPS) is 9.73. The number of nitrogens with zero attached hydrogens (tertiary/aromatic N) is 2. The number of amides is 1. The molecule has 0 radical (unpaired) electrons. The fraction of sp³-hybridized carbons (Fsp3) is 0.200. The molecule has 5 nitrogen and oxygen atoms in total. The number of hydrogen-bond acceptors (Lipinski definition) is 3. The van der Waals surface area contributed by atoms with Gasteiger partial charge in [-0.3, -0.25) is 14.9 Å². The maximum atomic E-state index is 10.9. The molecule has 0 aromatic carbocycles. The van der Waals surface area contributed by atoms with Crippen molar-refractivity contribution in [3.8, 4) is 0 Å². The van der Waals surface area contributed by atoms with Crippen LogP contribution >= 0.6 is 15.9 Å². The second-order valence-corrected chi connectivity index (χ2v) is 2.70. The van der Waals surface area contributed by atoms with Crippen molar-refractivity contribution < 1.29 is 4.79 Å². The van der Waals surface area contributed by atoms with Crippen LogP contribution in [0.2, 0.25) is 0 Å². The van der Waals surface area contributed by atoms with Crippen molar-refractivity contribution in [2.45, 2.75) is 0 Å². The molecule has 0 fully saturated rings. The van der Waals surface area contributed by atoms with Gasteiger partial charge >= 0.3 is 0 Å². The van der Waals surface area contributed by atoms with E-state index in [0.29, 0.717) is 10.2 Å². The monoisotopic (exact) mass is 218 g/mol. The minimum absolute atomic E-state index is 0.357. The molecule has 0 aliphatic rings. The molecule has 1 amide bonds. The van der Waals surface area contributed by atoms with Gasteiger partial charge in [0.1, 0.15) is 4.60 Å². The van der Waals surface area contributed by atoms with Crippen LogP contribution in [0.1, 0.15) is 10.4 Å². The van der Waals surface area contributed by atoms with Crippen molar-refractivity contribution in [1.82, 2.24) is 15.2 Å². The predicted octanol–water partition coefficient (Wildman–Crippen LogP) is -0.214. The molecule has 0 saturated carbocycles. The Kier molecular flexibility index (Phi) is 2.25. The molecular formula is C5H7BrN4O. The van der Waals surface area contributed by atoms with E-state index >= 15 is 0 Å². The molecule has 0 atom stereocenters. The molecule has 0 aliphatic heterocycles. The van der Waals surface area contributed by atoms with Gasteiger partial charge in [0.05, 0.1) is 11.8 Å². The molecular weight excluding hydrogens is 212 g/mol. The Morgan fingerprint density at radius 2 is 2.55 bits per heavy atom. The zero-order valence-corrected chi connectivity index (χ0v) is 7.42. The van der Waals surface area contributed by atoms with Crippen molar-refractivity contribution in [3.05, 3.63) is 16.4 Å². The first-order chi connectivity index (χ1) is 5.16. The number of carbonyl (C=O) groups excluding carboxylic acids is 1. The summed E-state index contributed by atoms with van der Waals surface area (Å²) >= 11 is 3.18. The molecule has 60 valence electrons. The highest BCUT2D eigenvalue weighted by Crippen LogP contribution is 2.13. The molecule has 0 spiro atoms. The van der Waals surface area contributed by atoms with Gasteiger partial charge < -0.3 is 0 Å². The topological polar surface area (TPSA) is 72.9 Å². The first kappa shape index (κ1) is 8.22. The van der Waals surface area contributed by atoms with Gasteiger partial charge in [0.2, 0.25) is 0 Å². The van der Waals surface area contributed by atoms with E-state index in [2.05, 4.69) is 21.0 Å². The van der Waals surface area contributed by atoms with Gasteiger partial charge in [0.25, 0.3) is 5.91 Å².